The third kappa shape index (κ3) is 3.60. The van der Waals surface area contributed by atoms with E-state index in [0.29, 0.717) is 6.42 Å². The zero-order valence-corrected chi connectivity index (χ0v) is 9.87. The molecule has 0 saturated carbocycles. The number of hydrogen-bond donors (Lipinski definition) is 1. The largest absolute Gasteiger partial charge is 0.328 e. The van der Waals surface area contributed by atoms with Crippen molar-refractivity contribution in [1.82, 2.24) is 15.0 Å². The molecular weight excluding hydrogens is 212 g/mol. The monoisotopic (exact) mass is 228 g/mol. The van der Waals surface area contributed by atoms with Crippen LogP contribution in [0.15, 0.2) is 36.9 Å². The molecule has 0 aromatic carbocycles. The third-order valence-corrected chi connectivity index (χ3v) is 2.40. The fourth-order valence-corrected chi connectivity index (χ4v) is 1.64. The Balaban J connectivity index is 2.03. The molecule has 17 heavy (non-hydrogen) atoms. The Kier molecular flexibility index (Phi) is 3.77. The van der Waals surface area contributed by atoms with Crippen LogP contribution in [0.3, 0.4) is 0 Å². The Labute approximate surface area is 101 Å². The number of aromatic nitrogens is 3. The van der Waals surface area contributed by atoms with Crippen molar-refractivity contribution < 1.29 is 0 Å². The fraction of sp³-hybridized carbons (Fsp3) is 0.308. The third-order valence-electron chi connectivity index (χ3n) is 2.40. The first-order valence-electron chi connectivity index (χ1n) is 5.68. The second kappa shape index (κ2) is 5.50. The lowest BCUT2D eigenvalue weighted by Crippen LogP contribution is -2.18. The second-order valence-corrected chi connectivity index (χ2v) is 4.23. The topological polar surface area (TPSA) is 64.7 Å². The molecule has 88 valence electrons. The zero-order valence-electron chi connectivity index (χ0n) is 9.87. The molecule has 4 nitrogen and oxygen atoms in total. The molecule has 0 saturated heterocycles. The van der Waals surface area contributed by atoms with E-state index in [9.17, 15) is 0 Å². The van der Waals surface area contributed by atoms with Gasteiger partial charge in [0.05, 0.1) is 0 Å². The van der Waals surface area contributed by atoms with E-state index >= 15 is 0 Å². The maximum absolute atomic E-state index is 5.72. The van der Waals surface area contributed by atoms with Crippen LogP contribution in [0.5, 0.6) is 0 Å². The lowest BCUT2D eigenvalue weighted by Gasteiger charge is -2.05. The molecule has 0 radical (unpaired) electrons. The minimum Gasteiger partial charge on any atom is -0.328 e. The molecule has 0 bridgehead atoms. The molecular formula is C13H16N4. The predicted molar refractivity (Wildman–Crippen MR) is 66.4 cm³/mol. The first-order chi connectivity index (χ1) is 8.24. The van der Waals surface area contributed by atoms with Gasteiger partial charge in [0.15, 0.2) is 0 Å². The first kappa shape index (κ1) is 11.7. The Morgan fingerprint density at radius 2 is 1.94 bits per heavy atom. The van der Waals surface area contributed by atoms with Gasteiger partial charge in [0.1, 0.15) is 5.82 Å². The van der Waals surface area contributed by atoms with E-state index in [4.69, 9.17) is 5.73 Å². The van der Waals surface area contributed by atoms with Crippen molar-refractivity contribution in [2.75, 3.05) is 0 Å². The Hall–Kier alpha value is -1.81. The maximum atomic E-state index is 5.72. The van der Waals surface area contributed by atoms with Crippen molar-refractivity contribution in [3.8, 4) is 0 Å². The SMILES string of the molecule is CC(N)Cc1cnc(Cc2cccnc2)nc1. The molecule has 0 amide bonds. The zero-order chi connectivity index (χ0) is 12.1. The summed E-state index contributed by atoms with van der Waals surface area (Å²) in [6, 6.07) is 4.08. The summed E-state index contributed by atoms with van der Waals surface area (Å²) in [5, 5.41) is 0. The molecule has 0 aliphatic carbocycles. The van der Waals surface area contributed by atoms with E-state index in [1.165, 1.54) is 0 Å². The van der Waals surface area contributed by atoms with Crippen LogP contribution < -0.4 is 5.73 Å². The van der Waals surface area contributed by atoms with Gasteiger partial charge >= 0.3 is 0 Å². The van der Waals surface area contributed by atoms with Crippen LogP contribution in [0.1, 0.15) is 23.9 Å². The number of rotatable bonds is 4. The van der Waals surface area contributed by atoms with Gasteiger partial charge in [-0.1, -0.05) is 6.07 Å². The average Bonchev–Trinajstić information content (AvgIpc) is 2.32. The Bertz CT molecular complexity index is 451. The summed E-state index contributed by atoms with van der Waals surface area (Å²) in [4.78, 5) is 12.7. The highest BCUT2D eigenvalue weighted by Crippen LogP contribution is 2.05. The number of nitrogens with two attached hydrogens (primary N) is 1. The van der Waals surface area contributed by atoms with Crippen LogP contribution in [-0.2, 0) is 12.8 Å². The summed E-state index contributed by atoms with van der Waals surface area (Å²) >= 11 is 0. The van der Waals surface area contributed by atoms with Crippen LogP contribution in [0, 0.1) is 0 Å². The second-order valence-electron chi connectivity index (χ2n) is 4.23. The van der Waals surface area contributed by atoms with E-state index in [0.717, 1.165) is 23.4 Å². The van der Waals surface area contributed by atoms with Gasteiger partial charge in [-0.2, -0.15) is 0 Å². The lowest BCUT2D eigenvalue weighted by molar-refractivity contribution is 0.729. The van der Waals surface area contributed by atoms with E-state index in [-0.39, 0.29) is 6.04 Å². The van der Waals surface area contributed by atoms with Gasteiger partial charge in [0.2, 0.25) is 0 Å². The number of nitrogens with zero attached hydrogens (tertiary/aromatic N) is 3. The van der Waals surface area contributed by atoms with Gasteiger partial charge in [0.25, 0.3) is 0 Å². The quantitative estimate of drug-likeness (QED) is 0.858. The molecule has 0 fully saturated rings. The van der Waals surface area contributed by atoms with Crippen molar-refractivity contribution >= 4 is 0 Å². The predicted octanol–water partition coefficient (Wildman–Crippen LogP) is 1.35. The van der Waals surface area contributed by atoms with E-state index in [1.807, 2.05) is 37.6 Å². The molecule has 0 aliphatic heterocycles. The van der Waals surface area contributed by atoms with E-state index in [1.54, 1.807) is 6.20 Å². The minimum atomic E-state index is 0.141. The van der Waals surface area contributed by atoms with Gasteiger partial charge in [-0.25, -0.2) is 9.97 Å². The van der Waals surface area contributed by atoms with Gasteiger partial charge < -0.3 is 5.73 Å². The van der Waals surface area contributed by atoms with E-state index < -0.39 is 0 Å². The molecule has 2 aromatic heterocycles. The van der Waals surface area contributed by atoms with Crippen molar-refractivity contribution in [1.29, 1.82) is 0 Å². The van der Waals surface area contributed by atoms with Crippen LogP contribution in [0.25, 0.3) is 0 Å². The van der Waals surface area contributed by atoms with Crippen LogP contribution in [0.4, 0.5) is 0 Å². The van der Waals surface area contributed by atoms with Crippen LogP contribution >= 0.6 is 0 Å². The average molecular weight is 228 g/mol. The molecule has 1 atom stereocenters. The summed E-state index contributed by atoms with van der Waals surface area (Å²) in [5.74, 6) is 0.812. The minimum absolute atomic E-state index is 0.141. The van der Waals surface area contributed by atoms with Gasteiger partial charge in [-0.05, 0) is 30.5 Å². The molecule has 1 unspecified atom stereocenters. The highest BCUT2D eigenvalue weighted by Gasteiger charge is 2.02. The van der Waals surface area contributed by atoms with Crippen molar-refractivity contribution in [2.24, 2.45) is 5.73 Å². The van der Waals surface area contributed by atoms with Gasteiger partial charge in [-0.15, -0.1) is 0 Å². The molecule has 2 aromatic rings. The Morgan fingerprint density at radius 1 is 1.18 bits per heavy atom. The smallest absolute Gasteiger partial charge is 0.132 e. The fourth-order valence-electron chi connectivity index (χ4n) is 1.64. The lowest BCUT2D eigenvalue weighted by atomic mass is 10.1. The summed E-state index contributed by atoms with van der Waals surface area (Å²) in [5.41, 5.74) is 7.92. The van der Waals surface area contributed by atoms with Crippen molar-refractivity contribution in [2.45, 2.75) is 25.8 Å². The maximum Gasteiger partial charge on any atom is 0.132 e. The van der Waals surface area contributed by atoms with Crippen LogP contribution in [0.2, 0.25) is 0 Å². The van der Waals surface area contributed by atoms with Crippen molar-refractivity contribution in [3.63, 3.8) is 0 Å². The summed E-state index contributed by atoms with van der Waals surface area (Å²) < 4.78 is 0. The highest BCUT2D eigenvalue weighted by molar-refractivity contribution is 5.15. The first-order valence-corrected chi connectivity index (χ1v) is 5.68. The van der Waals surface area contributed by atoms with Crippen LogP contribution in [-0.4, -0.2) is 21.0 Å². The van der Waals surface area contributed by atoms with Crippen molar-refractivity contribution in [3.05, 3.63) is 53.9 Å². The molecule has 2 heterocycles. The standard InChI is InChI=1S/C13H16N4/c1-10(14)5-12-8-16-13(17-9-12)6-11-3-2-4-15-7-11/h2-4,7-10H,5-6,14H2,1H3. The highest BCUT2D eigenvalue weighted by atomic mass is 14.9. The Morgan fingerprint density at radius 3 is 2.53 bits per heavy atom. The molecule has 4 heteroatoms. The number of pyridine rings is 1. The molecule has 0 spiro atoms. The molecule has 2 N–H and O–H groups in total. The number of hydrogen-bond acceptors (Lipinski definition) is 4. The molecule has 2 rings (SSSR count). The summed E-state index contributed by atoms with van der Waals surface area (Å²) in [6.45, 7) is 1.98. The molecule has 0 aliphatic rings. The van der Waals surface area contributed by atoms with E-state index in [2.05, 4.69) is 15.0 Å². The summed E-state index contributed by atoms with van der Waals surface area (Å²) in [7, 11) is 0. The van der Waals surface area contributed by atoms with Gasteiger partial charge in [0, 0.05) is 37.3 Å². The normalized spacial score (nSPS) is 12.4. The van der Waals surface area contributed by atoms with Gasteiger partial charge in [-0.3, -0.25) is 4.98 Å². The summed E-state index contributed by atoms with van der Waals surface area (Å²) in [6.07, 6.45) is 8.82.